The molecule has 1 unspecified atom stereocenters. The third-order valence-corrected chi connectivity index (χ3v) is 5.57. The molecule has 0 aromatic heterocycles. The second-order valence-corrected chi connectivity index (χ2v) is 10.5. The van der Waals surface area contributed by atoms with Crippen molar-refractivity contribution in [3.05, 3.63) is 0 Å². The summed E-state index contributed by atoms with van der Waals surface area (Å²) in [6, 6.07) is 0. The molecule has 0 aliphatic heterocycles. The van der Waals surface area contributed by atoms with Gasteiger partial charge in [0.15, 0.2) is 0 Å². The predicted octanol–water partition coefficient (Wildman–Crippen LogP) is 3.69. The van der Waals surface area contributed by atoms with E-state index in [1.54, 1.807) is 0 Å². The van der Waals surface area contributed by atoms with Gasteiger partial charge in [-0.2, -0.15) is 0 Å². The van der Waals surface area contributed by atoms with Crippen LogP contribution < -0.4 is 0 Å². The Morgan fingerprint density at radius 2 is 1.60 bits per heavy atom. The van der Waals surface area contributed by atoms with E-state index < -0.39 is 8.07 Å². The molecule has 3 heteroatoms. The van der Waals surface area contributed by atoms with E-state index in [0.29, 0.717) is 12.5 Å². The van der Waals surface area contributed by atoms with Crippen LogP contribution in [-0.4, -0.2) is 20.7 Å². The van der Waals surface area contributed by atoms with E-state index in [2.05, 4.69) is 33.5 Å². The Morgan fingerprint density at radius 1 is 1.13 bits per heavy atom. The van der Waals surface area contributed by atoms with Gasteiger partial charge in [-0.05, 0) is 12.8 Å². The van der Waals surface area contributed by atoms with Gasteiger partial charge in [-0.15, -0.1) is 0 Å². The molecule has 0 radical (unpaired) electrons. The summed E-state index contributed by atoms with van der Waals surface area (Å²) in [6.07, 6.45) is 2.15. The predicted molar refractivity (Wildman–Crippen MR) is 67.8 cm³/mol. The fraction of sp³-hybridized carbons (Fsp3) is 0.917. The second-order valence-electron chi connectivity index (χ2n) is 5.17. The molecule has 0 aliphatic carbocycles. The van der Waals surface area contributed by atoms with Crippen molar-refractivity contribution < 1.29 is 9.53 Å². The average Bonchev–Trinajstić information content (AvgIpc) is 2.11. The molecule has 0 aromatic rings. The summed E-state index contributed by atoms with van der Waals surface area (Å²) in [7, 11) is -1.47. The highest BCUT2D eigenvalue weighted by Gasteiger charge is 2.38. The summed E-state index contributed by atoms with van der Waals surface area (Å²) >= 11 is 0. The summed E-state index contributed by atoms with van der Waals surface area (Å²) in [6.45, 7) is 13.5. The van der Waals surface area contributed by atoms with Crippen molar-refractivity contribution in [1.82, 2.24) is 0 Å². The van der Waals surface area contributed by atoms with Crippen LogP contribution in [-0.2, 0) is 9.53 Å². The summed E-state index contributed by atoms with van der Waals surface area (Å²) in [5.41, 5.74) is 0.160. The first-order chi connectivity index (χ1) is 6.88. The van der Waals surface area contributed by atoms with Gasteiger partial charge in [0.1, 0.15) is 0 Å². The first-order valence-corrected chi connectivity index (χ1v) is 9.62. The molecule has 2 nitrogen and oxygen atoms in total. The van der Waals surface area contributed by atoms with E-state index in [-0.39, 0.29) is 11.5 Å². The van der Waals surface area contributed by atoms with Crippen molar-refractivity contribution in [1.29, 1.82) is 0 Å². The Kier molecular flexibility index (Phi) is 6.18. The van der Waals surface area contributed by atoms with Crippen LogP contribution in [0.2, 0.25) is 25.2 Å². The van der Waals surface area contributed by atoms with Gasteiger partial charge in [0.25, 0.3) is 0 Å². The molecule has 0 rings (SSSR count). The van der Waals surface area contributed by atoms with Crippen molar-refractivity contribution in [3.63, 3.8) is 0 Å². The second kappa shape index (κ2) is 6.31. The van der Waals surface area contributed by atoms with Gasteiger partial charge < -0.3 is 4.74 Å². The number of hydrogen-bond donors (Lipinski definition) is 0. The highest BCUT2D eigenvalue weighted by molar-refractivity contribution is 6.80. The zero-order chi connectivity index (χ0) is 12.1. The van der Waals surface area contributed by atoms with Crippen molar-refractivity contribution in [3.8, 4) is 0 Å². The normalized spacial score (nSPS) is 14.1. The Morgan fingerprint density at radius 3 is 1.87 bits per heavy atom. The zero-order valence-corrected chi connectivity index (χ0v) is 12.1. The minimum absolute atomic E-state index is 0.0327. The minimum atomic E-state index is -1.47. The summed E-state index contributed by atoms with van der Waals surface area (Å²) in [5.74, 6) is 0.529. The molecule has 0 saturated carbocycles. The van der Waals surface area contributed by atoms with E-state index >= 15 is 0 Å². The van der Waals surface area contributed by atoms with E-state index in [1.165, 1.54) is 0 Å². The first kappa shape index (κ1) is 14.7. The highest BCUT2D eigenvalue weighted by atomic mass is 28.3. The molecule has 0 bridgehead atoms. The summed E-state index contributed by atoms with van der Waals surface area (Å²) in [5, 5.41) is 0. The molecule has 0 aromatic carbocycles. The highest BCUT2D eigenvalue weighted by Crippen LogP contribution is 2.35. The largest absolute Gasteiger partial charge is 0.466 e. The van der Waals surface area contributed by atoms with Crippen molar-refractivity contribution in [2.45, 2.75) is 58.8 Å². The van der Waals surface area contributed by atoms with Crippen LogP contribution in [0.25, 0.3) is 0 Å². The average molecular weight is 230 g/mol. The van der Waals surface area contributed by atoms with Crippen LogP contribution in [0, 0.1) is 5.92 Å². The van der Waals surface area contributed by atoms with Gasteiger partial charge >= 0.3 is 5.97 Å². The SMILES string of the molecule is CCOC(=O)C(C(CC)CC)[Si](C)(C)C. The molecule has 0 heterocycles. The van der Waals surface area contributed by atoms with E-state index in [9.17, 15) is 4.79 Å². The monoisotopic (exact) mass is 230 g/mol. The Bertz CT molecular complexity index is 192. The Hall–Kier alpha value is -0.313. The van der Waals surface area contributed by atoms with Crippen LogP contribution in [0.5, 0.6) is 0 Å². The quantitative estimate of drug-likeness (QED) is 0.514. The van der Waals surface area contributed by atoms with Gasteiger partial charge in [-0.1, -0.05) is 46.3 Å². The number of esters is 1. The molecule has 0 amide bonds. The van der Waals surface area contributed by atoms with Crippen LogP contribution in [0.15, 0.2) is 0 Å². The maximum Gasteiger partial charge on any atom is 0.306 e. The lowest BCUT2D eigenvalue weighted by molar-refractivity contribution is -0.144. The van der Waals surface area contributed by atoms with E-state index in [1.807, 2.05) is 6.92 Å². The van der Waals surface area contributed by atoms with Crippen molar-refractivity contribution in [2.75, 3.05) is 6.61 Å². The van der Waals surface area contributed by atoms with Gasteiger partial charge in [0.05, 0.1) is 20.2 Å². The van der Waals surface area contributed by atoms with Gasteiger partial charge in [-0.25, -0.2) is 0 Å². The number of carbonyl (C=O) groups excluding carboxylic acids is 1. The molecular formula is C12H26O2Si. The molecule has 15 heavy (non-hydrogen) atoms. The van der Waals surface area contributed by atoms with Gasteiger partial charge in [0.2, 0.25) is 0 Å². The molecular weight excluding hydrogens is 204 g/mol. The van der Waals surface area contributed by atoms with Crippen molar-refractivity contribution in [2.24, 2.45) is 5.92 Å². The van der Waals surface area contributed by atoms with Gasteiger partial charge in [-0.3, -0.25) is 4.79 Å². The molecule has 0 N–H and O–H groups in total. The molecule has 1 atom stereocenters. The number of rotatable bonds is 6. The minimum Gasteiger partial charge on any atom is -0.466 e. The number of carbonyl (C=O) groups is 1. The zero-order valence-electron chi connectivity index (χ0n) is 11.1. The van der Waals surface area contributed by atoms with Crippen molar-refractivity contribution >= 4 is 14.0 Å². The molecule has 0 saturated heterocycles. The fourth-order valence-corrected chi connectivity index (χ4v) is 4.92. The smallest absolute Gasteiger partial charge is 0.306 e. The lowest BCUT2D eigenvalue weighted by Gasteiger charge is -2.33. The lowest BCUT2D eigenvalue weighted by atomic mass is 9.99. The number of hydrogen-bond acceptors (Lipinski definition) is 2. The Balaban J connectivity index is 4.79. The summed E-state index contributed by atoms with van der Waals surface area (Å²) in [4.78, 5) is 12.0. The van der Waals surface area contributed by atoms with Crippen LogP contribution >= 0.6 is 0 Å². The van der Waals surface area contributed by atoms with Crippen LogP contribution in [0.4, 0.5) is 0 Å². The number of ether oxygens (including phenoxy) is 1. The van der Waals surface area contributed by atoms with Crippen LogP contribution in [0.3, 0.4) is 0 Å². The summed E-state index contributed by atoms with van der Waals surface area (Å²) < 4.78 is 5.21. The van der Waals surface area contributed by atoms with Crippen LogP contribution in [0.1, 0.15) is 33.6 Å². The Labute approximate surface area is 95.4 Å². The van der Waals surface area contributed by atoms with E-state index in [0.717, 1.165) is 12.8 Å². The van der Waals surface area contributed by atoms with Gasteiger partial charge in [0, 0.05) is 0 Å². The topological polar surface area (TPSA) is 26.3 Å². The third-order valence-electron chi connectivity index (χ3n) is 2.99. The fourth-order valence-electron chi connectivity index (χ4n) is 2.25. The maximum atomic E-state index is 12.0. The van der Waals surface area contributed by atoms with E-state index in [4.69, 9.17) is 4.74 Å². The first-order valence-electron chi connectivity index (χ1n) is 6.05. The third kappa shape index (κ3) is 4.37. The molecule has 0 spiro atoms. The maximum absolute atomic E-state index is 12.0. The lowest BCUT2D eigenvalue weighted by Crippen LogP contribution is -2.39. The molecule has 0 fully saturated rings. The molecule has 90 valence electrons. The standard InChI is InChI=1S/C12H26O2Si/c1-7-10(8-2)11(15(4,5)6)12(13)14-9-3/h10-11H,7-9H2,1-6H3. The molecule has 0 aliphatic rings.